The number of hydrogen-bond donors (Lipinski definition) is 0. The number of furan rings is 1. The van der Waals surface area contributed by atoms with Crippen LogP contribution in [-0.2, 0) is 9.53 Å². The van der Waals surface area contributed by atoms with Crippen LogP contribution in [0.25, 0.3) is 33.5 Å². The van der Waals surface area contributed by atoms with Crippen LogP contribution in [0.15, 0.2) is 79.4 Å². The van der Waals surface area contributed by atoms with Crippen molar-refractivity contribution < 1.29 is 23.6 Å². The molecular weight excluding hydrogens is 620 g/mol. The van der Waals surface area contributed by atoms with E-state index in [0.717, 1.165) is 20.6 Å². The fourth-order valence-corrected chi connectivity index (χ4v) is 4.68. The summed E-state index contributed by atoms with van der Waals surface area (Å²) in [6.07, 6.45) is 0.852. The van der Waals surface area contributed by atoms with E-state index in [1.54, 1.807) is 50.2 Å². The van der Waals surface area contributed by atoms with Crippen LogP contribution >= 0.6 is 27.5 Å². The molecule has 0 fully saturated rings. The van der Waals surface area contributed by atoms with Gasteiger partial charge in [-0.15, -0.1) is 0 Å². The van der Waals surface area contributed by atoms with E-state index in [1.165, 1.54) is 12.3 Å². The molecule has 0 saturated heterocycles. The summed E-state index contributed by atoms with van der Waals surface area (Å²) >= 11 is 9.73. The minimum Gasteiger partial charge on any atom is -0.474 e. The summed E-state index contributed by atoms with van der Waals surface area (Å²) in [7, 11) is 0. The van der Waals surface area contributed by atoms with Gasteiger partial charge in [-0.1, -0.05) is 39.7 Å². The Labute approximate surface area is 245 Å². The second-order valence-electron chi connectivity index (χ2n) is 9.04. The number of nitro groups is 1. The molecule has 0 N–H and O–H groups in total. The fourth-order valence-electron chi connectivity index (χ4n) is 4.02. The van der Waals surface area contributed by atoms with Crippen LogP contribution in [0.4, 0.5) is 5.69 Å². The monoisotopic (exact) mass is 638 g/mol. The first kappa shape index (κ1) is 28.0. The SMILES string of the molecule is CC(C)OC(=O)COc1c(Cl)cc(C=Nn2c(-c3cc4cc(Br)ccc4o3)nc3ccccc3c2=O)cc1[N+](=O)[O-]. The van der Waals surface area contributed by atoms with Gasteiger partial charge in [0.15, 0.2) is 12.4 Å². The van der Waals surface area contributed by atoms with Gasteiger partial charge < -0.3 is 13.9 Å². The number of ether oxygens (including phenoxy) is 2. The molecular formula is C28H20BrClN4O7. The molecule has 3 aromatic carbocycles. The minimum atomic E-state index is -0.704. The summed E-state index contributed by atoms with van der Waals surface area (Å²) in [4.78, 5) is 41.1. The number of esters is 1. The third-order valence-corrected chi connectivity index (χ3v) is 6.49. The third-order valence-electron chi connectivity index (χ3n) is 5.72. The lowest BCUT2D eigenvalue weighted by molar-refractivity contribution is -0.385. The molecule has 5 rings (SSSR count). The van der Waals surface area contributed by atoms with Gasteiger partial charge in [-0.25, -0.2) is 9.78 Å². The van der Waals surface area contributed by atoms with Crippen LogP contribution < -0.4 is 10.3 Å². The Morgan fingerprint density at radius 1 is 1.22 bits per heavy atom. The Morgan fingerprint density at radius 2 is 2.00 bits per heavy atom. The van der Waals surface area contributed by atoms with Crippen molar-refractivity contribution in [2.24, 2.45) is 5.10 Å². The second kappa shape index (κ2) is 11.5. The number of rotatable bonds is 8. The maximum atomic E-state index is 13.5. The molecule has 13 heteroatoms. The lowest BCUT2D eigenvalue weighted by Crippen LogP contribution is -2.20. The van der Waals surface area contributed by atoms with Crippen LogP contribution in [0, 0.1) is 10.1 Å². The van der Waals surface area contributed by atoms with E-state index in [9.17, 15) is 19.7 Å². The summed E-state index contributed by atoms with van der Waals surface area (Å²) in [6, 6.07) is 16.5. The number of halogens is 2. The molecule has 11 nitrogen and oxygen atoms in total. The van der Waals surface area contributed by atoms with Crippen LogP contribution in [0.5, 0.6) is 5.75 Å². The Balaban J connectivity index is 1.58. The Kier molecular flexibility index (Phi) is 7.86. The fraction of sp³-hybridized carbons (Fsp3) is 0.143. The first-order valence-corrected chi connectivity index (χ1v) is 13.3. The lowest BCUT2D eigenvalue weighted by Gasteiger charge is -2.11. The van der Waals surface area contributed by atoms with E-state index in [2.05, 4.69) is 26.0 Å². The van der Waals surface area contributed by atoms with E-state index in [1.807, 2.05) is 12.1 Å². The van der Waals surface area contributed by atoms with Crippen molar-refractivity contribution in [3.63, 3.8) is 0 Å². The maximum absolute atomic E-state index is 13.5. The highest BCUT2D eigenvalue weighted by atomic mass is 79.9. The van der Waals surface area contributed by atoms with E-state index in [-0.39, 0.29) is 28.3 Å². The third kappa shape index (κ3) is 5.98. The van der Waals surface area contributed by atoms with E-state index < -0.39 is 28.7 Å². The molecule has 0 aliphatic carbocycles. The summed E-state index contributed by atoms with van der Waals surface area (Å²) in [6.45, 7) is 2.76. The first-order chi connectivity index (χ1) is 19.6. The number of carbonyl (C=O) groups excluding carboxylic acids is 1. The topological polar surface area (TPSA) is 139 Å². The zero-order valence-corrected chi connectivity index (χ0v) is 23.9. The quantitative estimate of drug-likeness (QED) is 0.0829. The van der Waals surface area contributed by atoms with Gasteiger partial charge in [0.1, 0.15) is 5.58 Å². The molecule has 0 spiro atoms. The molecule has 0 amide bonds. The standard InChI is InChI=1S/C28H20BrClN4O7/c1-15(2)40-25(35)14-39-26-20(30)9-16(10-22(26)34(37)38)13-31-33-27(32-21-6-4-3-5-19(21)28(33)36)24-12-17-11-18(29)7-8-23(17)41-24/h3-13,15H,14H2,1-2H3. The predicted octanol–water partition coefficient (Wildman–Crippen LogP) is 6.35. The van der Waals surface area contributed by atoms with Gasteiger partial charge in [-0.3, -0.25) is 14.9 Å². The van der Waals surface area contributed by atoms with Gasteiger partial charge in [0.25, 0.3) is 5.56 Å². The normalized spacial score (nSPS) is 11.5. The number of hydrogen-bond acceptors (Lipinski definition) is 9. The zero-order chi connectivity index (χ0) is 29.3. The van der Waals surface area contributed by atoms with Crippen LogP contribution in [-0.4, -0.2) is 39.5 Å². The summed E-state index contributed by atoms with van der Waals surface area (Å²) < 4.78 is 18.2. The number of carbonyl (C=O) groups is 1. The van der Waals surface area contributed by atoms with E-state index in [4.69, 9.17) is 25.5 Å². The molecule has 2 aromatic heterocycles. The molecule has 0 radical (unpaired) electrons. The summed E-state index contributed by atoms with van der Waals surface area (Å²) in [5.41, 5.74) is 0.239. The number of nitro benzene ring substituents is 1. The molecule has 5 aromatic rings. The van der Waals surface area contributed by atoms with Crippen LogP contribution in [0.3, 0.4) is 0 Å². The molecule has 0 unspecified atom stereocenters. The number of para-hydroxylation sites is 1. The molecule has 41 heavy (non-hydrogen) atoms. The summed E-state index contributed by atoms with van der Waals surface area (Å²) in [5, 5.41) is 17.1. The van der Waals surface area contributed by atoms with Crippen molar-refractivity contribution in [1.82, 2.24) is 9.66 Å². The average Bonchev–Trinajstić information content (AvgIpc) is 3.34. The molecule has 0 aliphatic heterocycles. The average molecular weight is 640 g/mol. The first-order valence-electron chi connectivity index (χ1n) is 12.2. The second-order valence-corrected chi connectivity index (χ2v) is 10.4. The van der Waals surface area contributed by atoms with Gasteiger partial charge >= 0.3 is 11.7 Å². The largest absolute Gasteiger partial charge is 0.474 e. The molecule has 0 bridgehead atoms. The number of nitrogens with zero attached hydrogens (tertiary/aromatic N) is 4. The van der Waals surface area contributed by atoms with Crippen LogP contribution in [0.1, 0.15) is 19.4 Å². The highest BCUT2D eigenvalue weighted by Crippen LogP contribution is 2.36. The van der Waals surface area contributed by atoms with Crippen molar-refractivity contribution >= 4 is 67.3 Å². The number of benzene rings is 3. The highest BCUT2D eigenvalue weighted by molar-refractivity contribution is 9.10. The van der Waals surface area contributed by atoms with Gasteiger partial charge in [0.05, 0.1) is 33.2 Å². The van der Waals surface area contributed by atoms with Crippen LogP contribution in [0.2, 0.25) is 5.02 Å². The van der Waals surface area contributed by atoms with E-state index in [0.29, 0.717) is 22.2 Å². The molecule has 0 aliphatic rings. The Morgan fingerprint density at radius 3 is 2.76 bits per heavy atom. The van der Waals surface area contributed by atoms with Crippen molar-refractivity contribution in [2.45, 2.75) is 20.0 Å². The Bertz CT molecular complexity index is 1920. The Hall–Kier alpha value is -4.55. The molecule has 0 saturated carbocycles. The zero-order valence-electron chi connectivity index (χ0n) is 21.5. The van der Waals surface area contributed by atoms with Crippen molar-refractivity contribution in [3.8, 4) is 17.3 Å². The smallest absolute Gasteiger partial charge is 0.344 e. The highest BCUT2D eigenvalue weighted by Gasteiger charge is 2.22. The number of fused-ring (bicyclic) bond motifs is 2. The summed E-state index contributed by atoms with van der Waals surface area (Å²) in [5.74, 6) is -0.585. The molecule has 0 atom stereocenters. The van der Waals surface area contributed by atoms with Crippen molar-refractivity contribution in [2.75, 3.05) is 6.61 Å². The van der Waals surface area contributed by atoms with Gasteiger partial charge in [-0.05, 0) is 56.3 Å². The number of aromatic nitrogens is 2. The predicted molar refractivity (Wildman–Crippen MR) is 157 cm³/mol. The van der Waals surface area contributed by atoms with Gasteiger partial charge in [-0.2, -0.15) is 9.78 Å². The van der Waals surface area contributed by atoms with Gasteiger partial charge in [0, 0.05) is 21.5 Å². The van der Waals surface area contributed by atoms with E-state index >= 15 is 0 Å². The molecule has 2 heterocycles. The van der Waals surface area contributed by atoms with Crippen molar-refractivity contribution in [1.29, 1.82) is 0 Å². The molecule has 208 valence electrons. The minimum absolute atomic E-state index is 0.126. The lowest BCUT2D eigenvalue weighted by atomic mass is 10.2. The maximum Gasteiger partial charge on any atom is 0.344 e. The van der Waals surface area contributed by atoms with Gasteiger partial charge in [0.2, 0.25) is 11.6 Å². The van der Waals surface area contributed by atoms with Crippen molar-refractivity contribution in [3.05, 3.63) is 96.2 Å².